The van der Waals surface area contributed by atoms with Crippen LogP contribution in [0.2, 0.25) is 0 Å². The van der Waals surface area contributed by atoms with Crippen molar-refractivity contribution in [2.45, 2.75) is 29.9 Å². The van der Waals surface area contributed by atoms with Crippen LogP contribution in [-0.4, -0.2) is 75.7 Å². The van der Waals surface area contributed by atoms with Crippen LogP contribution in [0, 0.1) is 5.92 Å². The van der Waals surface area contributed by atoms with Gasteiger partial charge in [0.05, 0.1) is 25.2 Å². The third kappa shape index (κ3) is 7.10. The lowest BCUT2D eigenvalue weighted by molar-refractivity contribution is -0.130. The molecule has 10 heteroatoms. The molecule has 0 aliphatic carbocycles. The number of nitrogens with one attached hydrogen (secondary N) is 1. The van der Waals surface area contributed by atoms with Crippen LogP contribution in [0.4, 0.5) is 0 Å². The van der Waals surface area contributed by atoms with Crippen LogP contribution in [0.3, 0.4) is 0 Å². The maximum absolute atomic E-state index is 13.9. The molecule has 0 aromatic heterocycles. The largest absolute Gasteiger partial charge is 0.497 e. The molecular weight excluding hydrogens is 496 g/mol. The average molecular weight is 533 g/mol. The normalized spacial score (nSPS) is 16.5. The Bertz CT molecular complexity index is 1140. The van der Waals surface area contributed by atoms with Crippen LogP contribution in [-0.2, 0) is 25.8 Å². The van der Waals surface area contributed by atoms with Crippen molar-refractivity contribution in [2.75, 3.05) is 46.6 Å². The summed E-state index contributed by atoms with van der Waals surface area (Å²) in [6, 6.07) is 12.8. The molecule has 2 aromatic carbocycles. The Labute approximate surface area is 218 Å². The lowest BCUT2D eigenvalue weighted by Crippen LogP contribution is -2.52. The summed E-state index contributed by atoms with van der Waals surface area (Å²) in [5, 5.41) is 9.61. The van der Waals surface area contributed by atoms with Gasteiger partial charge in [-0.3, -0.25) is 14.9 Å². The summed E-state index contributed by atoms with van der Waals surface area (Å²) in [6.45, 7) is 8.26. The van der Waals surface area contributed by atoms with Gasteiger partial charge in [0.1, 0.15) is 18.1 Å². The van der Waals surface area contributed by atoms with E-state index in [1.807, 2.05) is 13.8 Å². The zero-order valence-electron chi connectivity index (χ0n) is 21.6. The van der Waals surface area contributed by atoms with Crippen molar-refractivity contribution in [3.63, 3.8) is 0 Å². The van der Waals surface area contributed by atoms with Gasteiger partial charge in [0.25, 0.3) is 5.91 Å². The molecule has 0 saturated carbocycles. The summed E-state index contributed by atoms with van der Waals surface area (Å²) >= 11 is 0. The third-order valence-electron chi connectivity index (χ3n) is 6.26. The van der Waals surface area contributed by atoms with E-state index in [-0.39, 0.29) is 17.2 Å². The Morgan fingerprint density at radius 2 is 1.73 bits per heavy atom. The third-order valence-corrected chi connectivity index (χ3v) is 8.57. The van der Waals surface area contributed by atoms with Crippen molar-refractivity contribution in [3.8, 4) is 11.5 Å². The molecule has 1 atom stereocenters. The highest BCUT2D eigenvalue weighted by Crippen LogP contribution is 2.33. The monoisotopic (exact) mass is 532 g/mol. The number of morpholine rings is 1. The fourth-order valence-corrected chi connectivity index (χ4v) is 5.87. The van der Waals surface area contributed by atoms with Crippen molar-refractivity contribution in [3.05, 3.63) is 66.2 Å². The highest BCUT2D eigenvalue weighted by molar-refractivity contribution is 7.93. The molecule has 1 amide bonds. The van der Waals surface area contributed by atoms with E-state index in [0.717, 1.165) is 32.8 Å². The van der Waals surface area contributed by atoms with Crippen LogP contribution < -0.4 is 15.0 Å². The molecule has 1 aliphatic heterocycles. The van der Waals surface area contributed by atoms with Crippen molar-refractivity contribution in [1.82, 2.24) is 10.4 Å². The second-order valence-corrected chi connectivity index (χ2v) is 11.4. The number of rotatable bonds is 12. The second-order valence-electron chi connectivity index (χ2n) is 9.24. The van der Waals surface area contributed by atoms with E-state index >= 15 is 0 Å². The first-order valence-corrected chi connectivity index (χ1v) is 13.7. The Morgan fingerprint density at radius 1 is 1.11 bits per heavy atom. The number of hydroxylamine groups is 1. The van der Waals surface area contributed by atoms with Gasteiger partial charge in [0, 0.05) is 26.1 Å². The molecule has 2 aromatic rings. The topological polar surface area (TPSA) is 114 Å². The SMILES string of the molecule is COc1ccc(S(=O)(=O)C(C=CC(C)C)(Cc2ccc(OCCN3CCOCC3)cc2)C(=O)NO)cc1. The number of allylic oxidation sites excluding steroid dienone is 1. The van der Waals surface area contributed by atoms with Crippen molar-refractivity contribution in [2.24, 2.45) is 5.92 Å². The van der Waals surface area contributed by atoms with Crippen molar-refractivity contribution in [1.29, 1.82) is 0 Å². The van der Waals surface area contributed by atoms with E-state index in [9.17, 15) is 18.4 Å². The minimum atomic E-state index is -4.29. The van der Waals surface area contributed by atoms with Crippen LogP contribution in [0.1, 0.15) is 19.4 Å². The number of carbonyl (C=O) groups excluding carboxylic acids is 1. The summed E-state index contributed by atoms with van der Waals surface area (Å²) in [5.74, 6) is 0.0632. The second kappa shape index (κ2) is 13.0. The Hall–Kier alpha value is -2.92. The molecule has 1 fully saturated rings. The van der Waals surface area contributed by atoms with Gasteiger partial charge in [-0.1, -0.05) is 38.1 Å². The number of nitrogens with zero attached hydrogens (tertiary/aromatic N) is 1. The predicted octanol–water partition coefficient (Wildman–Crippen LogP) is 2.88. The van der Waals surface area contributed by atoms with E-state index in [1.165, 1.54) is 37.5 Å². The molecule has 2 N–H and O–H groups in total. The van der Waals surface area contributed by atoms with E-state index in [1.54, 1.807) is 35.8 Å². The molecule has 9 nitrogen and oxygen atoms in total. The number of sulfone groups is 1. The molecule has 3 rings (SSSR count). The maximum atomic E-state index is 13.9. The fourth-order valence-electron chi connectivity index (χ4n) is 4.05. The number of hydrogen-bond acceptors (Lipinski definition) is 8. The van der Waals surface area contributed by atoms with Crippen LogP contribution >= 0.6 is 0 Å². The molecule has 37 heavy (non-hydrogen) atoms. The molecule has 1 heterocycles. The van der Waals surface area contributed by atoms with Crippen molar-refractivity contribution < 1.29 is 32.6 Å². The molecule has 202 valence electrons. The first-order valence-electron chi connectivity index (χ1n) is 12.3. The summed E-state index contributed by atoms with van der Waals surface area (Å²) in [5.41, 5.74) is 2.18. The summed E-state index contributed by atoms with van der Waals surface area (Å²) in [7, 11) is -2.81. The van der Waals surface area contributed by atoms with Gasteiger partial charge in [0.15, 0.2) is 14.6 Å². The number of amides is 1. The van der Waals surface area contributed by atoms with Gasteiger partial charge in [-0.25, -0.2) is 13.9 Å². The lowest BCUT2D eigenvalue weighted by Gasteiger charge is -2.29. The Kier molecular flexibility index (Phi) is 10.1. The molecule has 1 aliphatic rings. The molecule has 0 bridgehead atoms. The van der Waals surface area contributed by atoms with Crippen LogP contribution in [0.5, 0.6) is 11.5 Å². The minimum absolute atomic E-state index is 0.0285. The van der Waals surface area contributed by atoms with Gasteiger partial charge in [-0.05, 0) is 47.9 Å². The first-order chi connectivity index (χ1) is 17.7. The molecule has 1 saturated heterocycles. The fraction of sp³-hybridized carbons (Fsp3) is 0.444. The predicted molar refractivity (Wildman–Crippen MR) is 140 cm³/mol. The quantitative estimate of drug-likeness (QED) is 0.244. The molecule has 0 radical (unpaired) electrons. The van der Waals surface area contributed by atoms with E-state index < -0.39 is 20.5 Å². The number of methoxy groups -OCH3 is 1. The Balaban J connectivity index is 1.87. The number of benzene rings is 2. The summed E-state index contributed by atoms with van der Waals surface area (Å²) < 4.78 is 42.1. The molecule has 1 unspecified atom stereocenters. The highest BCUT2D eigenvalue weighted by Gasteiger charge is 2.49. The lowest BCUT2D eigenvalue weighted by atomic mass is 9.95. The van der Waals surface area contributed by atoms with Gasteiger partial charge in [-0.15, -0.1) is 0 Å². The summed E-state index contributed by atoms with van der Waals surface area (Å²) in [6.07, 6.45) is 2.83. The first kappa shape index (κ1) is 28.6. The van der Waals surface area contributed by atoms with E-state index in [0.29, 0.717) is 23.7 Å². The maximum Gasteiger partial charge on any atom is 0.269 e. The smallest absolute Gasteiger partial charge is 0.269 e. The zero-order chi connectivity index (χ0) is 26.9. The van der Waals surface area contributed by atoms with Crippen LogP contribution in [0.15, 0.2) is 65.6 Å². The van der Waals surface area contributed by atoms with Gasteiger partial charge < -0.3 is 14.2 Å². The number of carbonyl (C=O) groups is 1. The minimum Gasteiger partial charge on any atom is -0.497 e. The average Bonchev–Trinajstić information content (AvgIpc) is 2.92. The molecular formula is C27H36N2O7S. The van der Waals surface area contributed by atoms with Gasteiger partial charge in [-0.2, -0.15) is 0 Å². The van der Waals surface area contributed by atoms with Crippen molar-refractivity contribution >= 4 is 15.7 Å². The van der Waals surface area contributed by atoms with E-state index in [4.69, 9.17) is 14.2 Å². The van der Waals surface area contributed by atoms with Gasteiger partial charge >= 0.3 is 0 Å². The summed E-state index contributed by atoms with van der Waals surface area (Å²) in [4.78, 5) is 15.3. The van der Waals surface area contributed by atoms with Crippen LogP contribution in [0.25, 0.3) is 0 Å². The number of hydrogen-bond donors (Lipinski definition) is 2. The van der Waals surface area contributed by atoms with Gasteiger partial charge in [0.2, 0.25) is 0 Å². The highest BCUT2D eigenvalue weighted by atomic mass is 32.2. The number of ether oxygens (including phenoxy) is 3. The Morgan fingerprint density at radius 3 is 2.30 bits per heavy atom. The van der Waals surface area contributed by atoms with E-state index in [2.05, 4.69) is 4.90 Å². The standard InChI is InChI=1S/C27H36N2O7S/c1-21(2)12-13-27(26(30)28-31,37(32,33)25-10-8-23(34-3)9-11-25)20-22-4-6-24(7-5-22)36-19-16-29-14-17-35-18-15-29/h4-13,21,31H,14-20H2,1-3H3,(H,28,30). The molecule has 0 spiro atoms. The zero-order valence-corrected chi connectivity index (χ0v) is 22.4.